The molecular formula is C20H26N4O. The molecule has 3 rings (SSSR count). The smallest absolute Gasteiger partial charge is 0.257 e. The van der Waals surface area contributed by atoms with Gasteiger partial charge >= 0.3 is 0 Å². The van der Waals surface area contributed by atoms with E-state index >= 15 is 0 Å². The van der Waals surface area contributed by atoms with Gasteiger partial charge in [0.15, 0.2) is 0 Å². The third kappa shape index (κ3) is 3.81. The second-order valence-electron chi connectivity index (χ2n) is 7.73. The van der Waals surface area contributed by atoms with Crippen LogP contribution in [0.25, 0.3) is 0 Å². The fraction of sp³-hybridized carbons (Fsp3) is 0.450. The average molecular weight is 338 g/mol. The number of rotatable bonds is 4. The monoisotopic (exact) mass is 338 g/mol. The van der Waals surface area contributed by atoms with Gasteiger partial charge in [-0.1, -0.05) is 44.2 Å². The zero-order chi connectivity index (χ0) is 18.0. The van der Waals surface area contributed by atoms with Gasteiger partial charge in [0.05, 0.1) is 5.56 Å². The van der Waals surface area contributed by atoms with E-state index in [1.165, 1.54) is 5.56 Å². The van der Waals surface area contributed by atoms with Crippen LogP contribution in [0.5, 0.6) is 0 Å². The van der Waals surface area contributed by atoms with Crippen molar-refractivity contribution in [3.63, 3.8) is 0 Å². The van der Waals surface area contributed by atoms with Gasteiger partial charge in [-0.2, -0.15) is 0 Å². The Morgan fingerprint density at radius 3 is 2.44 bits per heavy atom. The van der Waals surface area contributed by atoms with Crippen molar-refractivity contribution in [3.05, 3.63) is 53.9 Å². The molecule has 1 fully saturated rings. The lowest BCUT2D eigenvalue weighted by Crippen LogP contribution is -2.30. The highest BCUT2D eigenvalue weighted by Crippen LogP contribution is 2.42. The molecule has 1 N–H and O–H groups in total. The lowest BCUT2D eigenvalue weighted by molar-refractivity contribution is 0.0777. The number of hydrogen-bond donors (Lipinski definition) is 1. The number of carbonyl (C=O) groups excluding carboxylic acids is 1. The number of likely N-dealkylation sites (tertiary alicyclic amines) is 1. The van der Waals surface area contributed by atoms with Crippen LogP contribution in [0.4, 0.5) is 5.95 Å². The molecule has 1 aliphatic heterocycles. The summed E-state index contributed by atoms with van der Waals surface area (Å²) in [5.41, 5.74) is 1.87. The van der Waals surface area contributed by atoms with E-state index < -0.39 is 0 Å². The molecule has 132 valence electrons. The van der Waals surface area contributed by atoms with Gasteiger partial charge in [-0.05, 0) is 24.8 Å². The summed E-state index contributed by atoms with van der Waals surface area (Å²) in [6.45, 7) is 9.96. The third-order valence-corrected chi connectivity index (χ3v) is 4.75. The predicted molar refractivity (Wildman–Crippen MR) is 99.7 cm³/mol. The number of nitrogens with zero attached hydrogens (tertiary/aromatic N) is 3. The van der Waals surface area contributed by atoms with Crippen LogP contribution < -0.4 is 5.32 Å². The van der Waals surface area contributed by atoms with Gasteiger partial charge in [0.25, 0.3) is 5.91 Å². The first-order valence-electron chi connectivity index (χ1n) is 8.79. The second-order valence-corrected chi connectivity index (χ2v) is 7.73. The number of carbonyl (C=O) groups is 1. The van der Waals surface area contributed by atoms with Crippen LogP contribution >= 0.6 is 0 Å². The van der Waals surface area contributed by atoms with Crippen LogP contribution in [-0.2, 0) is 0 Å². The molecule has 1 aliphatic rings. The Hall–Kier alpha value is -2.43. The quantitative estimate of drug-likeness (QED) is 0.926. The zero-order valence-electron chi connectivity index (χ0n) is 15.4. The fourth-order valence-electron chi connectivity index (χ4n) is 3.48. The average Bonchev–Trinajstić information content (AvgIpc) is 2.90. The summed E-state index contributed by atoms with van der Waals surface area (Å²) in [5, 5.41) is 3.13. The van der Waals surface area contributed by atoms with E-state index in [-0.39, 0.29) is 17.4 Å². The number of benzene rings is 1. The van der Waals surface area contributed by atoms with Crippen LogP contribution in [0.15, 0.2) is 42.7 Å². The van der Waals surface area contributed by atoms with Crippen molar-refractivity contribution in [2.75, 3.05) is 18.4 Å². The molecule has 1 aromatic carbocycles. The minimum atomic E-state index is 0.00241. The van der Waals surface area contributed by atoms with Gasteiger partial charge < -0.3 is 10.2 Å². The summed E-state index contributed by atoms with van der Waals surface area (Å²) in [6.07, 6.45) is 3.23. The molecule has 25 heavy (non-hydrogen) atoms. The molecule has 1 saturated heterocycles. The van der Waals surface area contributed by atoms with Crippen LogP contribution in [-0.4, -0.2) is 39.9 Å². The second kappa shape index (κ2) is 6.82. The Labute approximate surface area is 149 Å². The summed E-state index contributed by atoms with van der Waals surface area (Å²) in [7, 11) is 0. The minimum Gasteiger partial charge on any atom is -0.352 e. The highest BCUT2D eigenvalue weighted by molar-refractivity contribution is 5.94. The largest absolute Gasteiger partial charge is 0.352 e. The van der Waals surface area contributed by atoms with E-state index in [0.717, 1.165) is 13.1 Å². The number of anilines is 1. The molecule has 1 aromatic heterocycles. The molecular weight excluding hydrogens is 312 g/mol. The summed E-state index contributed by atoms with van der Waals surface area (Å²) in [5.74, 6) is 0.888. The summed E-state index contributed by atoms with van der Waals surface area (Å²) in [6, 6.07) is 10.7. The van der Waals surface area contributed by atoms with Gasteiger partial charge in [-0.3, -0.25) is 4.79 Å². The molecule has 1 atom stereocenters. The third-order valence-electron chi connectivity index (χ3n) is 4.75. The first-order chi connectivity index (χ1) is 11.9. The number of hydrogen-bond acceptors (Lipinski definition) is 4. The Balaban J connectivity index is 1.75. The van der Waals surface area contributed by atoms with Crippen molar-refractivity contribution in [2.45, 2.75) is 39.7 Å². The Kier molecular flexibility index (Phi) is 4.75. The summed E-state index contributed by atoms with van der Waals surface area (Å²) in [4.78, 5) is 23.3. The van der Waals surface area contributed by atoms with E-state index in [1.54, 1.807) is 12.4 Å². The van der Waals surface area contributed by atoms with Gasteiger partial charge in [-0.15, -0.1) is 0 Å². The lowest BCUT2D eigenvalue weighted by Gasteiger charge is -2.25. The number of aromatic nitrogens is 2. The van der Waals surface area contributed by atoms with E-state index in [4.69, 9.17) is 0 Å². The fourth-order valence-corrected chi connectivity index (χ4v) is 3.48. The number of amides is 1. The highest BCUT2D eigenvalue weighted by atomic mass is 16.2. The van der Waals surface area contributed by atoms with E-state index in [1.807, 2.05) is 24.8 Å². The Morgan fingerprint density at radius 2 is 1.84 bits per heavy atom. The van der Waals surface area contributed by atoms with Crippen LogP contribution in [0.1, 0.15) is 49.5 Å². The molecule has 0 aliphatic carbocycles. The Bertz CT molecular complexity index is 725. The number of nitrogens with one attached hydrogen (secondary N) is 1. The summed E-state index contributed by atoms with van der Waals surface area (Å²) < 4.78 is 0. The molecule has 1 amide bonds. The van der Waals surface area contributed by atoms with Crippen molar-refractivity contribution in [1.82, 2.24) is 14.9 Å². The lowest BCUT2D eigenvalue weighted by atomic mass is 9.78. The van der Waals surface area contributed by atoms with E-state index in [2.05, 4.69) is 53.4 Å². The maximum absolute atomic E-state index is 12.9. The van der Waals surface area contributed by atoms with Gasteiger partial charge in [0.2, 0.25) is 5.95 Å². The van der Waals surface area contributed by atoms with Crippen molar-refractivity contribution in [3.8, 4) is 0 Å². The van der Waals surface area contributed by atoms with E-state index in [9.17, 15) is 4.79 Å². The van der Waals surface area contributed by atoms with Crippen molar-refractivity contribution in [2.24, 2.45) is 5.41 Å². The topological polar surface area (TPSA) is 58.1 Å². The molecule has 5 heteroatoms. The van der Waals surface area contributed by atoms with Gasteiger partial charge in [0.1, 0.15) is 0 Å². The standard InChI is InChI=1S/C20H26N4O/c1-14(2)23-19-21-10-16(11-22-19)18(25)24-12-17(20(3,4)13-24)15-8-6-5-7-9-15/h5-11,14,17H,12-13H2,1-4H3,(H,21,22,23)/t17-/m0/s1. The zero-order valence-corrected chi connectivity index (χ0v) is 15.4. The minimum absolute atomic E-state index is 0.00241. The van der Waals surface area contributed by atoms with Crippen LogP contribution in [0.2, 0.25) is 0 Å². The van der Waals surface area contributed by atoms with Crippen LogP contribution in [0, 0.1) is 5.41 Å². The molecule has 2 heterocycles. The first-order valence-corrected chi connectivity index (χ1v) is 8.79. The maximum atomic E-state index is 12.9. The predicted octanol–water partition coefficient (Wildman–Crippen LogP) is 3.56. The van der Waals surface area contributed by atoms with Crippen LogP contribution in [0.3, 0.4) is 0 Å². The molecule has 0 radical (unpaired) electrons. The SMILES string of the molecule is CC(C)Nc1ncc(C(=O)N2C[C@@H](c3ccccc3)C(C)(C)C2)cn1. The molecule has 5 nitrogen and oxygen atoms in total. The maximum Gasteiger partial charge on any atom is 0.257 e. The molecule has 0 bridgehead atoms. The molecule has 2 aromatic rings. The van der Waals surface area contributed by atoms with Gasteiger partial charge in [0, 0.05) is 37.4 Å². The summed E-state index contributed by atoms with van der Waals surface area (Å²) >= 11 is 0. The van der Waals surface area contributed by atoms with E-state index in [0.29, 0.717) is 17.4 Å². The molecule has 0 unspecified atom stereocenters. The first kappa shape index (κ1) is 17.4. The molecule has 0 saturated carbocycles. The van der Waals surface area contributed by atoms with Crippen molar-refractivity contribution in [1.29, 1.82) is 0 Å². The van der Waals surface area contributed by atoms with Crippen molar-refractivity contribution < 1.29 is 4.79 Å². The molecule has 0 spiro atoms. The highest BCUT2D eigenvalue weighted by Gasteiger charge is 2.42. The van der Waals surface area contributed by atoms with Gasteiger partial charge in [-0.25, -0.2) is 9.97 Å². The Morgan fingerprint density at radius 1 is 1.20 bits per heavy atom. The van der Waals surface area contributed by atoms with Crippen molar-refractivity contribution >= 4 is 11.9 Å². The normalized spacial score (nSPS) is 19.2.